The zero-order valence-corrected chi connectivity index (χ0v) is 26.2. The second-order valence-electron chi connectivity index (χ2n) is 14.1. The van der Waals surface area contributed by atoms with E-state index in [0.717, 1.165) is 18.4 Å². The number of unbranched alkanes of at least 4 members (excludes halogenated alkanes) is 8. The lowest BCUT2D eigenvalue weighted by atomic mass is 9.54. The Labute approximate surface area is 255 Å². The van der Waals surface area contributed by atoms with Crippen LogP contribution in [0.4, 0.5) is 0 Å². The van der Waals surface area contributed by atoms with Crippen molar-refractivity contribution in [1.29, 1.82) is 0 Å². The van der Waals surface area contributed by atoms with Gasteiger partial charge < -0.3 is 34.3 Å². The highest BCUT2D eigenvalue weighted by molar-refractivity contribution is 6.05. The van der Waals surface area contributed by atoms with Gasteiger partial charge in [-0.2, -0.15) is 0 Å². The molecule has 238 valence electrons. The van der Waals surface area contributed by atoms with Crippen LogP contribution in [0.1, 0.15) is 91.9 Å². The van der Waals surface area contributed by atoms with E-state index in [1.165, 1.54) is 44.9 Å². The number of hydrogen-bond acceptors (Lipinski definition) is 8. The van der Waals surface area contributed by atoms with E-state index in [-0.39, 0.29) is 5.92 Å². The smallest absolute Gasteiger partial charge is 0.306 e. The average molecular weight is 599 g/mol. The molecule has 0 spiro atoms. The maximum atomic E-state index is 13.6. The zero-order valence-electron chi connectivity index (χ0n) is 26.2. The van der Waals surface area contributed by atoms with Gasteiger partial charge in [-0.25, -0.2) is 0 Å². The third kappa shape index (κ3) is 4.31. The van der Waals surface area contributed by atoms with Crippen LogP contribution in [0.2, 0.25) is 0 Å². The standard InChI is InChI=1S/C35H50O8/c1-6-7-8-9-10-11-12-13-14-15-16-17-18-33-41-28-26-29-32(21-36,40-29)30(38)34(39)25(19-23(4)27(34)37)35(26,43-33)24(5)20-31(28,42-33)22(2)3/h15-19,24-26,28-30,36,38-39H,2,6-14,20-21H2,1,3-5H3/b16-15+,18-17+/t24-,25-,26-,28-,29+,30-,31-,32+,33-,34-,35+/m1/s1. The highest BCUT2D eigenvalue weighted by Gasteiger charge is 2.88. The van der Waals surface area contributed by atoms with Crippen molar-refractivity contribution in [2.45, 2.75) is 139 Å². The van der Waals surface area contributed by atoms with Crippen molar-refractivity contribution in [1.82, 2.24) is 0 Å². The molecule has 8 heteroatoms. The minimum atomic E-state index is -2.22. The fraction of sp³-hybridized carbons (Fsp3) is 0.743. The summed E-state index contributed by atoms with van der Waals surface area (Å²) in [6.07, 6.45) is 18.3. The predicted molar refractivity (Wildman–Crippen MR) is 161 cm³/mol. The van der Waals surface area contributed by atoms with Crippen molar-refractivity contribution in [3.63, 3.8) is 0 Å². The number of carbonyl (C=O) groups excluding carboxylic acids is 1. The molecule has 43 heavy (non-hydrogen) atoms. The Morgan fingerprint density at radius 2 is 1.77 bits per heavy atom. The molecule has 6 rings (SSSR count). The minimum absolute atomic E-state index is 0.237. The second-order valence-corrected chi connectivity index (χ2v) is 14.1. The van der Waals surface area contributed by atoms with Gasteiger partial charge in [-0.05, 0) is 50.2 Å². The third-order valence-electron chi connectivity index (χ3n) is 11.4. The highest BCUT2D eigenvalue weighted by atomic mass is 16.9. The molecule has 3 heterocycles. The number of fused-ring (bicyclic) bond motifs is 3. The quantitative estimate of drug-likeness (QED) is 0.120. The SMILES string of the molecule is C=C(C)[C@]12C[C@@H](C)[C@@]34O[C@](/C=C/C=C/CCCCCCCCCC)(O[C@@H]1[C@@H]3[C@@H]1O[C@]1(CO)[C@@H](O)[C@]1(O)C(=O)C(C)=C[C@H]14)O2. The highest BCUT2D eigenvalue weighted by Crippen LogP contribution is 2.72. The van der Waals surface area contributed by atoms with Gasteiger partial charge in [-0.3, -0.25) is 4.79 Å². The summed E-state index contributed by atoms with van der Waals surface area (Å²) in [7, 11) is 0. The molecular weight excluding hydrogens is 548 g/mol. The van der Waals surface area contributed by atoms with Crippen molar-refractivity contribution in [2.75, 3.05) is 6.61 Å². The molecule has 3 saturated heterocycles. The van der Waals surface area contributed by atoms with Gasteiger partial charge in [-0.15, -0.1) is 0 Å². The van der Waals surface area contributed by atoms with Crippen LogP contribution >= 0.6 is 0 Å². The molecule has 11 atom stereocenters. The molecule has 8 nitrogen and oxygen atoms in total. The molecule has 3 N–H and O–H groups in total. The maximum Gasteiger partial charge on any atom is 0.306 e. The molecule has 2 saturated carbocycles. The van der Waals surface area contributed by atoms with Crippen molar-refractivity contribution in [3.05, 3.63) is 48.1 Å². The Hall–Kier alpha value is -1.65. The summed E-state index contributed by atoms with van der Waals surface area (Å²) in [5.41, 5.74) is -4.66. The number of ether oxygens (including phenoxy) is 4. The number of aliphatic hydroxyl groups is 3. The molecule has 5 fully saturated rings. The van der Waals surface area contributed by atoms with Crippen LogP contribution in [-0.4, -0.2) is 74.4 Å². The van der Waals surface area contributed by atoms with Crippen LogP contribution in [0.25, 0.3) is 0 Å². The Morgan fingerprint density at radius 1 is 1.07 bits per heavy atom. The van der Waals surface area contributed by atoms with Crippen LogP contribution in [0, 0.1) is 17.8 Å². The van der Waals surface area contributed by atoms with Crippen molar-refractivity contribution in [3.8, 4) is 0 Å². The molecule has 6 aliphatic rings. The number of aliphatic hydroxyl groups excluding tert-OH is 2. The number of Topliss-reactive ketones (excluding diaryl/α,β-unsaturated/α-hetero) is 1. The summed E-state index contributed by atoms with van der Waals surface area (Å²) in [6.45, 7) is 11.6. The number of rotatable bonds is 13. The number of carbonyl (C=O) groups is 1. The Morgan fingerprint density at radius 3 is 2.44 bits per heavy atom. The van der Waals surface area contributed by atoms with E-state index in [1.807, 2.05) is 26.0 Å². The van der Waals surface area contributed by atoms with Crippen LogP contribution in [-0.2, 0) is 23.7 Å². The van der Waals surface area contributed by atoms with Gasteiger partial charge in [0.15, 0.2) is 11.4 Å². The lowest BCUT2D eigenvalue weighted by Gasteiger charge is -2.59. The molecule has 0 aromatic heterocycles. The van der Waals surface area contributed by atoms with Crippen LogP contribution in [0.15, 0.2) is 48.1 Å². The number of epoxide rings is 1. The molecule has 0 aromatic carbocycles. The largest absolute Gasteiger partial charge is 0.393 e. The monoisotopic (exact) mass is 598 g/mol. The van der Waals surface area contributed by atoms with Crippen molar-refractivity contribution in [2.24, 2.45) is 17.8 Å². The van der Waals surface area contributed by atoms with Crippen LogP contribution in [0.3, 0.4) is 0 Å². The Balaban J connectivity index is 1.27. The molecule has 3 aliphatic heterocycles. The van der Waals surface area contributed by atoms with E-state index in [0.29, 0.717) is 12.0 Å². The Bertz CT molecular complexity index is 1220. The molecule has 0 radical (unpaired) electrons. The molecule has 0 unspecified atom stereocenters. The molecule has 3 bridgehead atoms. The molecular formula is C35H50O8. The molecule has 0 aromatic rings. The summed E-state index contributed by atoms with van der Waals surface area (Å²) in [5, 5.41) is 34.2. The van der Waals surface area contributed by atoms with Gasteiger partial charge >= 0.3 is 5.97 Å². The Kier molecular flexibility index (Phi) is 8.02. The summed E-state index contributed by atoms with van der Waals surface area (Å²) in [6, 6.07) is 0. The number of hydrogen-bond donors (Lipinski definition) is 3. The van der Waals surface area contributed by atoms with Crippen molar-refractivity contribution >= 4 is 5.78 Å². The first-order chi connectivity index (χ1) is 20.5. The number of allylic oxidation sites excluding steroid dienone is 3. The first kappa shape index (κ1) is 31.3. The zero-order chi connectivity index (χ0) is 30.8. The van der Waals surface area contributed by atoms with Gasteiger partial charge in [0, 0.05) is 17.9 Å². The van der Waals surface area contributed by atoms with E-state index in [4.69, 9.17) is 18.9 Å². The van der Waals surface area contributed by atoms with E-state index < -0.39 is 70.9 Å². The van der Waals surface area contributed by atoms with Gasteiger partial charge in [0.25, 0.3) is 0 Å². The van der Waals surface area contributed by atoms with E-state index in [1.54, 1.807) is 19.1 Å². The number of ketones is 1. The van der Waals surface area contributed by atoms with Crippen LogP contribution in [0.5, 0.6) is 0 Å². The van der Waals surface area contributed by atoms with Crippen LogP contribution < -0.4 is 0 Å². The van der Waals surface area contributed by atoms with Gasteiger partial charge in [0.05, 0.1) is 12.2 Å². The lowest BCUT2D eigenvalue weighted by Crippen LogP contribution is -2.72. The lowest BCUT2D eigenvalue weighted by molar-refractivity contribution is -0.406. The van der Waals surface area contributed by atoms with Gasteiger partial charge in [0.2, 0.25) is 0 Å². The first-order valence-corrected chi connectivity index (χ1v) is 16.5. The van der Waals surface area contributed by atoms with E-state index >= 15 is 0 Å². The molecule has 0 amide bonds. The minimum Gasteiger partial charge on any atom is -0.393 e. The summed E-state index contributed by atoms with van der Waals surface area (Å²) >= 11 is 0. The topological polar surface area (TPSA) is 118 Å². The van der Waals surface area contributed by atoms with Gasteiger partial charge in [-0.1, -0.05) is 89.7 Å². The predicted octanol–water partition coefficient (Wildman–Crippen LogP) is 4.82. The maximum absolute atomic E-state index is 13.6. The first-order valence-electron chi connectivity index (χ1n) is 16.5. The summed E-state index contributed by atoms with van der Waals surface area (Å²) in [4.78, 5) is 13.6. The fourth-order valence-electron chi connectivity index (χ4n) is 9.16. The van der Waals surface area contributed by atoms with Crippen molar-refractivity contribution < 1.29 is 39.1 Å². The summed E-state index contributed by atoms with van der Waals surface area (Å²) in [5.74, 6) is -3.80. The third-order valence-corrected chi connectivity index (χ3v) is 11.4. The fourth-order valence-corrected chi connectivity index (χ4v) is 9.16. The average Bonchev–Trinajstić information content (AvgIpc) is 3.62. The second kappa shape index (κ2) is 11.0. The molecule has 3 aliphatic carbocycles. The van der Waals surface area contributed by atoms with E-state index in [9.17, 15) is 20.1 Å². The summed E-state index contributed by atoms with van der Waals surface area (Å²) < 4.78 is 26.5. The van der Waals surface area contributed by atoms with E-state index in [2.05, 4.69) is 19.6 Å². The van der Waals surface area contributed by atoms with Gasteiger partial charge in [0.1, 0.15) is 29.5 Å². The normalized spacial score (nSPS) is 47.5.